The van der Waals surface area contributed by atoms with Crippen molar-refractivity contribution in [2.45, 2.75) is 0 Å². The van der Waals surface area contributed by atoms with Crippen molar-refractivity contribution in [1.29, 1.82) is 0 Å². The molecule has 0 aliphatic rings. The highest BCUT2D eigenvalue weighted by atomic mass is 35.5. The fourth-order valence-electron chi connectivity index (χ4n) is 2.44. The Kier molecular flexibility index (Phi) is 4.77. The second-order valence-corrected chi connectivity index (χ2v) is 5.55. The molecule has 120 valence electrons. The number of methoxy groups -OCH3 is 1. The van der Waals surface area contributed by atoms with Crippen molar-refractivity contribution < 1.29 is 9.53 Å². The van der Waals surface area contributed by atoms with Gasteiger partial charge in [0.2, 0.25) is 0 Å². The van der Waals surface area contributed by atoms with Crippen molar-refractivity contribution in [3.8, 4) is 5.75 Å². The number of hydrogen-bond acceptors (Lipinski definition) is 3. The molecule has 0 saturated heterocycles. The van der Waals surface area contributed by atoms with Gasteiger partial charge in [-0.25, -0.2) is 5.43 Å². The number of nitrogens with zero attached hydrogens (tertiary/aromatic N) is 1. The van der Waals surface area contributed by atoms with Crippen LogP contribution in [-0.4, -0.2) is 19.2 Å². The zero-order chi connectivity index (χ0) is 16.9. The third-order valence-corrected chi connectivity index (χ3v) is 3.83. The summed E-state index contributed by atoms with van der Waals surface area (Å²) < 4.78 is 5.39. The van der Waals surface area contributed by atoms with E-state index in [2.05, 4.69) is 10.5 Å². The lowest BCUT2D eigenvalue weighted by molar-refractivity contribution is 0.0955. The van der Waals surface area contributed by atoms with Gasteiger partial charge in [0, 0.05) is 16.1 Å². The van der Waals surface area contributed by atoms with Crippen LogP contribution in [0.2, 0.25) is 5.02 Å². The van der Waals surface area contributed by atoms with E-state index in [0.29, 0.717) is 16.3 Å². The molecule has 0 aromatic heterocycles. The summed E-state index contributed by atoms with van der Waals surface area (Å²) in [6, 6.07) is 18.5. The van der Waals surface area contributed by atoms with E-state index in [1.807, 2.05) is 36.4 Å². The van der Waals surface area contributed by atoms with Crippen LogP contribution in [0.4, 0.5) is 0 Å². The standard InChI is InChI=1S/C19H15ClN2O2/c1-24-18-10-9-13-5-2-3-8-16(13)17(18)12-21-22-19(23)14-6-4-7-15(20)11-14/h2-12H,1H3,(H,22,23)/b21-12-. The topological polar surface area (TPSA) is 50.7 Å². The molecule has 4 nitrogen and oxygen atoms in total. The molecule has 1 N–H and O–H groups in total. The summed E-state index contributed by atoms with van der Waals surface area (Å²) >= 11 is 5.89. The molecule has 1 amide bonds. The summed E-state index contributed by atoms with van der Waals surface area (Å²) in [5, 5.41) is 6.63. The molecule has 5 heteroatoms. The van der Waals surface area contributed by atoms with Crippen LogP contribution in [0.5, 0.6) is 5.75 Å². The van der Waals surface area contributed by atoms with Crippen molar-refractivity contribution in [2.75, 3.05) is 7.11 Å². The van der Waals surface area contributed by atoms with Crippen molar-refractivity contribution in [3.05, 3.63) is 76.8 Å². The summed E-state index contributed by atoms with van der Waals surface area (Å²) in [7, 11) is 1.60. The number of amides is 1. The lowest BCUT2D eigenvalue weighted by Crippen LogP contribution is -2.17. The molecule has 3 rings (SSSR count). The maximum absolute atomic E-state index is 12.1. The van der Waals surface area contributed by atoms with E-state index in [0.717, 1.165) is 16.3 Å². The highest BCUT2D eigenvalue weighted by molar-refractivity contribution is 6.30. The van der Waals surface area contributed by atoms with E-state index in [-0.39, 0.29) is 5.91 Å². The molecule has 0 aliphatic carbocycles. The van der Waals surface area contributed by atoms with Crippen molar-refractivity contribution in [1.82, 2.24) is 5.43 Å². The first-order valence-corrected chi connectivity index (χ1v) is 7.71. The first kappa shape index (κ1) is 16.0. The van der Waals surface area contributed by atoms with Crippen LogP contribution in [-0.2, 0) is 0 Å². The van der Waals surface area contributed by atoms with Crippen LogP contribution in [0.1, 0.15) is 15.9 Å². The van der Waals surface area contributed by atoms with Gasteiger partial charge in [0.25, 0.3) is 5.91 Å². The van der Waals surface area contributed by atoms with Crippen LogP contribution in [0.25, 0.3) is 10.8 Å². The fraction of sp³-hybridized carbons (Fsp3) is 0.0526. The predicted molar refractivity (Wildman–Crippen MR) is 97.0 cm³/mol. The smallest absolute Gasteiger partial charge is 0.271 e. The van der Waals surface area contributed by atoms with Crippen LogP contribution in [0.3, 0.4) is 0 Å². The number of benzene rings is 3. The molecule has 24 heavy (non-hydrogen) atoms. The van der Waals surface area contributed by atoms with Gasteiger partial charge in [-0.2, -0.15) is 5.10 Å². The fourth-order valence-corrected chi connectivity index (χ4v) is 2.63. The molecule has 3 aromatic rings. The molecule has 0 heterocycles. The maximum atomic E-state index is 12.1. The van der Waals surface area contributed by atoms with Gasteiger partial charge in [-0.3, -0.25) is 4.79 Å². The van der Waals surface area contributed by atoms with Gasteiger partial charge in [-0.15, -0.1) is 0 Å². The summed E-state index contributed by atoms with van der Waals surface area (Å²) in [6.45, 7) is 0. The molecule has 0 spiro atoms. The number of ether oxygens (including phenoxy) is 1. The Morgan fingerprint density at radius 1 is 1.12 bits per heavy atom. The first-order valence-electron chi connectivity index (χ1n) is 7.34. The molecule has 0 unspecified atom stereocenters. The Morgan fingerprint density at radius 3 is 2.75 bits per heavy atom. The Bertz CT molecular complexity index is 922. The number of hydrogen-bond donors (Lipinski definition) is 1. The molecule has 0 radical (unpaired) electrons. The lowest BCUT2D eigenvalue weighted by Gasteiger charge is -2.08. The second-order valence-electron chi connectivity index (χ2n) is 5.11. The minimum absolute atomic E-state index is 0.326. The highest BCUT2D eigenvalue weighted by Crippen LogP contribution is 2.26. The van der Waals surface area contributed by atoms with Gasteiger partial charge in [0.05, 0.1) is 13.3 Å². The average Bonchev–Trinajstić information content (AvgIpc) is 2.61. The summed E-state index contributed by atoms with van der Waals surface area (Å²) in [4.78, 5) is 12.1. The number of carbonyl (C=O) groups excluding carboxylic acids is 1. The number of carbonyl (C=O) groups is 1. The molecule has 0 saturated carbocycles. The van der Waals surface area contributed by atoms with Crippen molar-refractivity contribution in [2.24, 2.45) is 5.10 Å². The van der Waals surface area contributed by atoms with E-state index in [1.165, 1.54) is 0 Å². The van der Waals surface area contributed by atoms with Gasteiger partial charge < -0.3 is 4.74 Å². The SMILES string of the molecule is COc1ccc2ccccc2c1/C=N\NC(=O)c1cccc(Cl)c1. The molecular formula is C19H15ClN2O2. The lowest BCUT2D eigenvalue weighted by atomic mass is 10.0. The summed E-state index contributed by atoms with van der Waals surface area (Å²) in [5.41, 5.74) is 3.76. The quantitative estimate of drug-likeness (QED) is 0.570. The van der Waals surface area contributed by atoms with Gasteiger partial charge in [-0.1, -0.05) is 48.0 Å². The number of hydrazone groups is 1. The van der Waals surface area contributed by atoms with Gasteiger partial charge >= 0.3 is 0 Å². The van der Waals surface area contributed by atoms with Crippen LogP contribution >= 0.6 is 11.6 Å². The minimum atomic E-state index is -0.326. The van der Waals surface area contributed by atoms with Gasteiger partial charge in [-0.05, 0) is 35.0 Å². The average molecular weight is 339 g/mol. The minimum Gasteiger partial charge on any atom is -0.496 e. The van der Waals surface area contributed by atoms with E-state index < -0.39 is 0 Å². The van der Waals surface area contributed by atoms with E-state index in [4.69, 9.17) is 16.3 Å². The van der Waals surface area contributed by atoms with Crippen LogP contribution in [0, 0.1) is 0 Å². The Hall–Kier alpha value is -2.85. The third-order valence-electron chi connectivity index (χ3n) is 3.60. The molecule has 0 fully saturated rings. The molecular weight excluding hydrogens is 324 g/mol. The highest BCUT2D eigenvalue weighted by Gasteiger charge is 2.07. The van der Waals surface area contributed by atoms with Crippen molar-refractivity contribution >= 4 is 34.5 Å². The van der Waals surface area contributed by atoms with Gasteiger partial charge in [0.15, 0.2) is 0 Å². The third kappa shape index (κ3) is 3.39. The Labute approximate surface area is 144 Å². The number of rotatable bonds is 4. The zero-order valence-electron chi connectivity index (χ0n) is 13.0. The monoisotopic (exact) mass is 338 g/mol. The largest absolute Gasteiger partial charge is 0.496 e. The maximum Gasteiger partial charge on any atom is 0.271 e. The number of halogens is 1. The number of nitrogens with one attached hydrogen (secondary N) is 1. The normalized spacial score (nSPS) is 10.9. The van der Waals surface area contributed by atoms with Gasteiger partial charge in [0.1, 0.15) is 5.75 Å². The zero-order valence-corrected chi connectivity index (χ0v) is 13.7. The van der Waals surface area contributed by atoms with Crippen LogP contribution in [0.15, 0.2) is 65.8 Å². The van der Waals surface area contributed by atoms with Crippen molar-refractivity contribution in [3.63, 3.8) is 0 Å². The van der Waals surface area contributed by atoms with Crippen LogP contribution < -0.4 is 10.2 Å². The predicted octanol–water partition coefficient (Wildman–Crippen LogP) is 4.27. The van der Waals surface area contributed by atoms with E-state index in [1.54, 1.807) is 37.6 Å². The number of fused-ring (bicyclic) bond motifs is 1. The molecule has 0 aliphatic heterocycles. The van der Waals surface area contributed by atoms with E-state index >= 15 is 0 Å². The van der Waals surface area contributed by atoms with E-state index in [9.17, 15) is 4.79 Å². The first-order chi connectivity index (χ1) is 11.7. The second kappa shape index (κ2) is 7.15. The summed E-state index contributed by atoms with van der Waals surface area (Å²) in [5.74, 6) is 0.363. The summed E-state index contributed by atoms with van der Waals surface area (Å²) in [6.07, 6.45) is 1.59. The Morgan fingerprint density at radius 2 is 1.96 bits per heavy atom. The molecule has 3 aromatic carbocycles. The molecule has 0 atom stereocenters. The molecule has 0 bridgehead atoms. The Balaban J connectivity index is 1.86.